The minimum absolute atomic E-state index is 0.0212. The van der Waals surface area contributed by atoms with Gasteiger partial charge in [-0.3, -0.25) is 4.79 Å². The van der Waals surface area contributed by atoms with Crippen LogP contribution in [0.5, 0.6) is 0 Å². The van der Waals surface area contributed by atoms with Gasteiger partial charge < -0.3 is 14.8 Å². The van der Waals surface area contributed by atoms with Crippen molar-refractivity contribution in [1.29, 1.82) is 0 Å². The monoisotopic (exact) mass is 395 g/mol. The highest BCUT2D eigenvalue weighted by molar-refractivity contribution is 8.16. The van der Waals surface area contributed by atoms with Crippen LogP contribution in [0.15, 0.2) is 29.3 Å². The number of carboxylic acids is 1. The number of hydrogen-bond acceptors (Lipinski definition) is 6. The number of fused-ring (bicyclic) bond motifs is 1. The van der Waals surface area contributed by atoms with Crippen LogP contribution < -0.4 is 10.0 Å². The molecule has 0 aliphatic carbocycles. The Hall–Kier alpha value is -1.87. The molecule has 2 aliphatic rings. The third-order valence-corrected chi connectivity index (χ3v) is 7.55. The molecular weight excluding hydrogens is 376 g/mol. The highest BCUT2D eigenvalue weighted by Crippen LogP contribution is 2.41. The lowest BCUT2D eigenvalue weighted by Crippen LogP contribution is -2.37. The van der Waals surface area contributed by atoms with E-state index < -0.39 is 21.7 Å². The zero-order chi connectivity index (χ0) is 18.9. The second kappa shape index (κ2) is 7.40. The minimum atomic E-state index is -3.11. The van der Waals surface area contributed by atoms with Gasteiger partial charge in [-0.15, -0.1) is 0 Å². The number of aliphatic imine (C=N–C) groups is 1. The zero-order valence-corrected chi connectivity index (χ0v) is 15.9. The van der Waals surface area contributed by atoms with Gasteiger partial charge in [-0.25, -0.2) is 8.42 Å². The van der Waals surface area contributed by atoms with Crippen molar-refractivity contribution in [3.8, 4) is 0 Å². The van der Waals surface area contributed by atoms with Crippen molar-refractivity contribution in [3.63, 3.8) is 0 Å². The molecule has 0 N–H and O–H groups in total. The van der Waals surface area contributed by atoms with E-state index >= 15 is 0 Å². The normalized spacial score (nSPS) is 25.4. The Bertz CT molecular complexity index is 866. The van der Waals surface area contributed by atoms with E-state index in [4.69, 9.17) is 0 Å². The van der Waals surface area contributed by atoms with Crippen molar-refractivity contribution < 1.29 is 23.1 Å². The lowest BCUT2D eigenvalue weighted by atomic mass is 10.1. The number of benzene rings is 1. The number of aryl methyl sites for hydroxylation is 1. The molecule has 7 nitrogen and oxygen atoms in total. The molecule has 1 amide bonds. The van der Waals surface area contributed by atoms with Crippen molar-refractivity contribution >= 4 is 44.3 Å². The number of thioether (sulfide) groups is 1. The average Bonchev–Trinajstić information content (AvgIpc) is 2.97. The van der Waals surface area contributed by atoms with E-state index in [1.807, 2.05) is 36.1 Å². The summed E-state index contributed by atoms with van der Waals surface area (Å²) < 4.78 is 24.0. The fourth-order valence-corrected chi connectivity index (χ4v) is 7.12. The van der Waals surface area contributed by atoms with Crippen LogP contribution in [0.25, 0.3) is 0 Å². The maximum absolute atomic E-state index is 12.1. The lowest BCUT2D eigenvalue weighted by molar-refractivity contribution is -0.305. The number of amides is 1. The summed E-state index contributed by atoms with van der Waals surface area (Å²) in [6.07, 6.45) is 0.0104. The molecule has 2 saturated heterocycles. The molecule has 26 heavy (non-hydrogen) atoms. The zero-order valence-electron chi connectivity index (χ0n) is 14.3. The van der Waals surface area contributed by atoms with Crippen molar-refractivity contribution in [2.24, 2.45) is 4.99 Å². The summed E-state index contributed by atoms with van der Waals surface area (Å²) in [5, 5.41) is 10.8. The van der Waals surface area contributed by atoms with Gasteiger partial charge in [0.2, 0.25) is 5.91 Å². The minimum Gasteiger partial charge on any atom is -0.550 e. The van der Waals surface area contributed by atoms with E-state index in [1.165, 1.54) is 11.8 Å². The first-order valence-corrected chi connectivity index (χ1v) is 11.0. The number of hydrogen-bond donors (Lipinski definition) is 0. The first-order chi connectivity index (χ1) is 12.2. The van der Waals surface area contributed by atoms with Crippen LogP contribution in [0.4, 0.5) is 5.69 Å². The molecule has 2 aliphatic heterocycles. The Labute approximate surface area is 156 Å². The van der Waals surface area contributed by atoms with Crippen LogP contribution in [0.3, 0.4) is 0 Å². The quantitative estimate of drug-likeness (QED) is 0.715. The van der Waals surface area contributed by atoms with Gasteiger partial charge in [-0.05, 0) is 37.5 Å². The van der Waals surface area contributed by atoms with Crippen LogP contribution >= 0.6 is 11.8 Å². The van der Waals surface area contributed by atoms with Crippen LogP contribution in [0, 0.1) is 6.92 Å². The number of rotatable bonds is 5. The topological polar surface area (TPSA) is 107 Å². The van der Waals surface area contributed by atoms with Gasteiger partial charge in [0.05, 0.1) is 17.5 Å². The average molecular weight is 395 g/mol. The highest BCUT2D eigenvalue weighted by Gasteiger charge is 2.49. The smallest absolute Gasteiger partial charge is 0.248 e. The van der Waals surface area contributed by atoms with Crippen molar-refractivity contribution in [2.45, 2.75) is 37.5 Å². The number of amidine groups is 1. The predicted molar refractivity (Wildman–Crippen MR) is 98.8 cm³/mol. The van der Waals surface area contributed by atoms with Gasteiger partial charge in [-0.1, -0.05) is 23.9 Å². The van der Waals surface area contributed by atoms with Gasteiger partial charge in [0.15, 0.2) is 15.0 Å². The summed E-state index contributed by atoms with van der Waals surface area (Å²) in [6, 6.07) is 7.38. The maximum Gasteiger partial charge on any atom is 0.248 e. The molecule has 3 rings (SSSR count). The summed E-state index contributed by atoms with van der Waals surface area (Å²) in [5.74, 6) is -1.49. The third-order valence-electron chi connectivity index (χ3n) is 4.34. The van der Waals surface area contributed by atoms with Gasteiger partial charge in [0.1, 0.15) is 0 Å². The predicted octanol–water partition coefficient (Wildman–Crippen LogP) is 0.517. The molecule has 1 aromatic carbocycles. The van der Waals surface area contributed by atoms with Crippen LogP contribution in [0.1, 0.15) is 24.8 Å². The molecular formula is C17H19N2O5S2-. The Morgan fingerprint density at radius 3 is 2.77 bits per heavy atom. The van der Waals surface area contributed by atoms with Gasteiger partial charge >= 0.3 is 0 Å². The Morgan fingerprint density at radius 2 is 2.08 bits per heavy atom. The summed E-state index contributed by atoms with van der Waals surface area (Å²) in [4.78, 5) is 28.6. The van der Waals surface area contributed by atoms with Crippen molar-refractivity contribution in [1.82, 2.24) is 0 Å². The van der Waals surface area contributed by atoms with Crippen molar-refractivity contribution in [2.75, 3.05) is 16.4 Å². The first-order valence-electron chi connectivity index (χ1n) is 8.29. The fraction of sp³-hybridized carbons (Fsp3) is 0.471. The standard InChI is InChI=1S/C17H20N2O5S2/c1-11-4-2-5-12(8-11)19-13-9-26(23,24)10-14(13)25-17(19)18-15(20)6-3-7-16(21)22/h2,4-5,8,13-14H,3,6-7,9-10H2,1H3,(H,21,22)/p-1/t13-,14-/m0/s1. The summed E-state index contributed by atoms with van der Waals surface area (Å²) >= 11 is 1.31. The van der Waals surface area contributed by atoms with E-state index in [0.717, 1.165) is 11.3 Å². The number of anilines is 1. The summed E-state index contributed by atoms with van der Waals surface area (Å²) in [7, 11) is -3.11. The number of carbonyl (C=O) groups excluding carboxylic acids is 2. The van der Waals surface area contributed by atoms with Crippen molar-refractivity contribution in [3.05, 3.63) is 29.8 Å². The van der Waals surface area contributed by atoms with E-state index in [1.54, 1.807) is 0 Å². The molecule has 140 valence electrons. The Balaban J connectivity index is 1.85. The number of aliphatic carboxylic acids is 1. The summed E-state index contributed by atoms with van der Waals surface area (Å²) in [6.45, 7) is 1.94. The Morgan fingerprint density at radius 1 is 1.31 bits per heavy atom. The molecule has 0 spiro atoms. The molecule has 1 aromatic rings. The van der Waals surface area contributed by atoms with Crippen LogP contribution in [-0.2, 0) is 19.4 Å². The first kappa shape index (κ1) is 18.9. The van der Waals surface area contributed by atoms with E-state index in [9.17, 15) is 23.1 Å². The molecule has 2 fully saturated rings. The SMILES string of the molecule is Cc1cccc(N2C(=NC(=O)CCCC(=O)[O-])S[C@H]3CS(=O)(=O)C[C@@H]32)c1. The second-order valence-electron chi connectivity index (χ2n) is 6.52. The molecule has 2 heterocycles. The van der Waals surface area contributed by atoms with Crippen LogP contribution in [0.2, 0.25) is 0 Å². The number of carbonyl (C=O) groups is 2. The van der Waals surface area contributed by atoms with Gasteiger partial charge in [0, 0.05) is 23.3 Å². The highest BCUT2D eigenvalue weighted by atomic mass is 32.2. The van der Waals surface area contributed by atoms with Gasteiger partial charge in [-0.2, -0.15) is 4.99 Å². The fourth-order valence-electron chi connectivity index (χ4n) is 3.19. The number of nitrogens with zero attached hydrogens (tertiary/aromatic N) is 2. The molecule has 0 bridgehead atoms. The second-order valence-corrected chi connectivity index (χ2v) is 9.88. The molecule has 0 unspecified atom stereocenters. The number of carboxylic acid groups (broad SMARTS) is 1. The molecule has 2 atom stereocenters. The molecule has 0 saturated carbocycles. The van der Waals surface area contributed by atoms with E-state index in [2.05, 4.69) is 4.99 Å². The largest absolute Gasteiger partial charge is 0.550 e. The maximum atomic E-state index is 12.1. The molecule has 9 heteroatoms. The van der Waals surface area contributed by atoms with E-state index in [0.29, 0.717) is 5.17 Å². The van der Waals surface area contributed by atoms with E-state index in [-0.39, 0.29) is 42.1 Å². The Kier molecular flexibility index (Phi) is 5.38. The third kappa shape index (κ3) is 4.27. The lowest BCUT2D eigenvalue weighted by Gasteiger charge is -2.24. The number of sulfone groups is 1. The van der Waals surface area contributed by atoms with Gasteiger partial charge in [0.25, 0.3) is 0 Å². The molecule has 0 radical (unpaired) electrons. The summed E-state index contributed by atoms with van der Waals surface area (Å²) in [5.41, 5.74) is 1.83. The molecule has 0 aromatic heterocycles. The van der Waals surface area contributed by atoms with Crippen LogP contribution in [-0.4, -0.2) is 48.3 Å².